The predicted octanol–water partition coefficient (Wildman–Crippen LogP) is 2.85. The average Bonchev–Trinajstić information content (AvgIpc) is 2.77. The van der Waals surface area contributed by atoms with Gasteiger partial charge in [-0.15, -0.1) is 11.3 Å². The van der Waals surface area contributed by atoms with E-state index in [2.05, 4.69) is 29.4 Å². The summed E-state index contributed by atoms with van der Waals surface area (Å²) in [6, 6.07) is 10.3. The zero-order valence-electron chi connectivity index (χ0n) is 10.8. The molecule has 0 radical (unpaired) electrons. The first-order chi connectivity index (χ1) is 8.81. The topological polar surface area (TPSA) is 34.1 Å². The SMILES string of the molecule is COCCNCc1sc(-c2ccccc2)nc1C. The standard InChI is InChI=1S/C14H18N2OS/c1-11-13(10-15-8-9-17-2)18-14(16-11)12-6-4-3-5-7-12/h3-7,15H,8-10H2,1-2H3. The zero-order chi connectivity index (χ0) is 12.8. The number of nitrogens with one attached hydrogen (secondary N) is 1. The molecule has 1 heterocycles. The molecule has 0 spiro atoms. The molecule has 2 rings (SSSR count). The van der Waals surface area contributed by atoms with Gasteiger partial charge in [0, 0.05) is 30.6 Å². The van der Waals surface area contributed by atoms with Gasteiger partial charge in [-0.05, 0) is 6.92 Å². The van der Waals surface area contributed by atoms with Crippen LogP contribution in [0.5, 0.6) is 0 Å². The van der Waals surface area contributed by atoms with Crippen LogP contribution in [0.4, 0.5) is 0 Å². The zero-order valence-corrected chi connectivity index (χ0v) is 11.6. The van der Waals surface area contributed by atoms with Crippen molar-refractivity contribution in [3.05, 3.63) is 40.9 Å². The van der Waals surface area contributed by atoms with E-state index in [1.807, 2.05) is 18.2 Å². The van der Waals surface area contributed by atoms with E-state index < -0.39 is 0 Å². The van der Waals surface area contributed by atoms with E-state index >= 15 is 0 Å². The molecular weight excluding hydrogens is 244 g/mol. The Morgan fingerprint density at radius 1 is 1.28 bits per heavy atom. The molecule has 0 saturated heterocycles. The number of ether oxygens (including phenoxy) is 1. The molecule has 3 nitrogen and oxygen atoms in total. The van der Waals surface area contributed by atoms with Crippen LogP contribution in [0.25, 0.3) is 10.6 Å². The highest BCUT2D eigenvalue weighted by molar-refractivity contribution is 7.15. The summed E-state index contributed by atoms with van der Waals surface area (Å²) in [6.07, 6.45) is 0. The Hall–Kier alpha value is -1.23. The Morgan fingerprint density at radius 3 is 2.78 bits per heavy atom. The fourth-order valence-corrected chi connectivity index (χ4v) is 2.71. The molecule has 0 aliphatic heterocycles. The summed E-state index contributed by atoms with van der Waals surface area (Å²) < 4.78 is 5.01. The normalized spacial score (nSPS) is 10.8. The van der Waals surface area contributed by atoms with Gasteiger partial charge in [0.25, 0.3) is 0 Å². The van der Waals surface area contributed by atoms with Crippen LogP contribution < -0.4 is 5.32 Å². The third kappa shape index (κ3) is 3.38. The van der Waals surface area contributed by atoms with E-state index in [0.29, 0.717) is 0 Å². The van der Waals surface area contributed by atoms with Gasteiger partial charge in [-0.2, -0.15) is 0 Å². The Bertz CT molecular complexity index is 482. The number of aromatic nitrogens is 1. The first-order valence-electron chi connectivity index (χ1n) is 6.02. The largest absolute Gasteiger partial charge is 0.383 e. The minimum Gasteiger partial charge on any atom is -0.383 e. The predicted molar refractivity (Wildman–Crippen MR) is 75.9 cm³/mol. The minimum absolute atomic E-state index is 0.739. The van der Waals surface area contributed by atoms with Crippen molar-refractivity contribution in [3.8, 4) is 10.6 Å². The molecule has 1 aromatic heterocycles. The summed E-state index contributed by atoms with van der Waals surface area (Å²) in [5.74, 6) is 0. The van der Waals surface area contributed by atoms with Crippen LogP contribution in [-0.4, -0.2) is 25.2 Å². The second kappa shape index (κ2) is 6.64. The lowest BCUT2D eigenvalue weighted by molar-refractivity contribution is 0.199. The molecule has 96 valence electrons. The van der Waals surface area contributed by atoms with Gasteiger partial charge in [0.15, 0.2) is 0 Å². The molecule has 0 unspecified atom stereocenters. The minimum atomic E-state index is 0.739. The monoisotopic (exact) mass is 262 g/mol. The molecule has 1 aromatic carbocycles. The highest BCUT2D eigenvalue weighted by Crippen LogP contribution is 2.27. The Morgan fingerprint density at radius 2 is 2.06 bits per heavy atom. The lowest BCUT2D eigenvalue weighted by Gasteiger charge is -2.01. The van der Waals surface area contributed by atoms with Gasteiger partial charge < -0.3 is 10.1 Å². The maximum Gasteiger partial charge on any atom is 0.123 e. The van der Waals surface area contributed by atoms with Gasteiger partial charge in [0.05, 0.1) is 12.3 Å². The molecule has 0 atom stereocenters. The van der Waals surface area contributed by atoms with Crippen molar-refractivity contribution in [1.82, 2.24) is 10.3 Å². The summed E-state index contributed by atoms with van der Waals surface area (Å²) >= 11 is 1.76. The molecule has 2 aromatic rings. The number of benzene rings is 1. The maximum absolute atomic E-state index is 5.01. The number of hydrogen-bond donors (Lipinski definition) is 1. The molecule has 18 heavy (non-hydrogen) atoms. The van der Waals surface area contributed by atoms with Crippen LogP contribution in [0.1, 0.15) is 10.6 Å². The van der Waals surface area contributed by atoms with Gasteiger partial charge in [-0.1, -0.05) is 30.3 Å². The molecule has 0 aliphatic carbocycles. The highest BCUT2D eigenvalue weighted by Gasteiger charge is 2.08. The second-order valence-electron chi connectivity index (χ2n) is 4.06. The van der Waals surface area contributed by atoms with Crippen LogP contribution in [-0.2, 0) is 11.3 Å². The number of methoxy groups -OCH3 is 1. The van der Waals surface area contributed by atoms with Crippen LogP contribution in [0.3, 0.4) is 0 Å². The van der Waals surface area contributed by atoms with E-state index in [-0.39, 0.29) is 0 Å². The third-order valence-electron chi connectivity index (χ3n) is 2.68. The van der Waals surface area contributed by atoms with Gasteiger partial charge >= 0.3 is 0 Å². The summed E-state index contributed by atoms with van der Waals surface area (Å²) in [7, 11) is 1.72. The quantitative estimate of drug-likeness (QED) is 0.813. The smallest absolute Gasteiger partial charge is 0.123 e. The molecule has 1 N–H and O–H groups in total. The van der Waals surface area contributed by atoms with Gasteiger partial charge in [0.2, 0.25) is 0 Å². The number of rotatable bonds is 6. The number of aryl methyl sites for hydroxylation is 1. The van der Waals surface area contributed by atoms with Crippen molar-refractivity contribution >= 4 is 11.3 Å². The molecule has 0 fully saturated rings. The van der Waals surface area contributed by atoms with Crippen LogP contribution >= 0.6 is 11.3 Å². The van der Waals surface area contributed by atoms with Crippen molar-refractivity contribution in [2.75, 3.05) is 20.3 Å². The van der Waals surface area contributed by atoms with Crippen molar-refractivity contribution in [3.63, 3.8) is 0 Å². The lowest BCUT2D eigenvalue weighted by atomic mass is 10.2. The van der Waals surface area contributed by atoms with Crippen molar-refractivity contribution < 1.29 is 4.74 Å². The van der Waals surface area contributed by atoms with Crippen molar-refractivity contribution in [1.29, 1.82) is 0 Å². The number of nitrogens with zero attached hydrogens (tertiary/aromatic N) is 1. The van der Waals surface area contributed by atoms with Gasteiger partial charge in [-0.25, -0.2) is 4.98 Å². The average molecular weight is 262 g/mol. The number of thiazole rings is 1. The summed E-state index contributed by atoms with van der Waals surface area (Å²) in [5, 5.41) is 4.45. The van der Waals surface area contributed by atoms with Crippen LogP contribution in [0.2, 0.25) is 0 Å². The van der Waals surface area contributed by atoms with E-state index in [1.54, 1.807) is 18.4 Å². The Kier molecular flexibility index (Phi) is 4.87. The van der Waals surface area contributed by atoms with E-state index in [9.17, 15) is 0 Å². The van der Waals surface area contributed by atoms with Crippen molar-refractivity contribution in [2.45, 2.75) is 13.5 Å². The number of hydrogen-bond acceptors (Lipinski definition) is 4. The third-order valence-corrected chi connectivity index (χ3v) is 3.89. The first kappa shape index (κ1) is 13.2. The molecule has 4 heteroatoms. The summed E-state index contributed by atoms with van der Waals surface area (Å²) in [6.45, 7) is 4.54. The highest BCUT2D eigenvalue weighted by atomic mass is 32.1. The van der Waals surface area contributed by atoms with E-state index in [4.69, 9.17) is 4.74 Å². The first-order valence-corrected chi connectivity index (χ1v) is 6.84. The van der Waals surface area contributed by atoms with E-state index in [1.165, 1.54) is 10.4 Å². The molecule has 0 saturated carbocycles. The molecule has 0 amide bonds. The Balaban J connectivity index is 2.03. The van der Waals surface area contributed by atoms with Crippen molar-refractivity contribution in [2.24, 2.45) is 0 Å². The van der Waals surface area contributed by atoms with Gasteiger partial charge in [-0.3, -0.25) is 0 Å². The fraction of sp³-hybridized carbons (Fsp3) is 0.357. The molecule has 0 aliphatic rings. The van der Waals surface area contributed by atoms with Crippen LogP contribution in [0, 0.1) is 6.92 Å². The second-order valence-corrected chi connectivity index (χ2v) is 5.15. The fourth-order valence-electron chi connectivity index (χ4n) is 1.67. The summed E-state index contributed by atoms with van der Waals surface area (Å²) in [4.78, 5) is 5.92. The van der Waals surface area contributed by atoms with Gasteiger partial charge in [0.1, 0.15) is 5.01 Å². The molecule has 0 bridgehead atoms. The van der Waals surface area contributed by atoms with Crippen LogP contribution in [0.15, 0.2) is 30.3 Å². The Labute approximate surface area is 112 Å². The molecular formula is C14H18N2OS. The lowest BCUT2D eigenvalue weighted by Crippen LogP contribution is -2.18. The van der Waals surface area contributed by atoms with E-state index in [0.717, 1.165) is 30.4 Å². The summed E-state index contributed by atoms with van der Waals surface area (Å²) in [5.41, 5.74) is 2.30. The maximum atomic E-state index is 5.01.